The summed E-state index contributed by atoms with van der Waals surface area (Å²) in [4.78, 5) is 19.9. The summed E-state index contributed by atoms with van der Waals surface area (Å²) in [6.07, 6.45) is 3.13. The van der Waals surface area contributed by atoms with E-state index in [1.807, 2.05) is 13.8 Å². The first-order chi connectivity index (χ1) is 10.6. The molecule has 9 heteroatoms. The Balaban J connectivity index is 2.05. The van der Waals surface area contributed by atoms with Gasteiger partial charge >= 0.3 is 0 Å². The van der Waals surface area contributed by atoms with Gasteiger partial charge in [0.2, 0.25) is 0 Å². The lowest BCUT2D eigenvalue weighted by Crippen LogP contribution is -2.05. The highest BCUT2D eigenvalue weighted by atomic mass is 15.3. The molecule has 5 N–H and O–H groups in total. The van der Waals surface area contributed by atoms with E-state index in [1.54, 1.807) is 10.7 Å². The van der Waals surface area contributed by atoms with Crippen molar-refractivity contribution in [3.05, 3.63) is 23.8 Å². The molecular weight excluding hydrogens is 282 g/mol. The molecule has 9 nitrogen and oxygen atoms in total. The van der Waals surface area contributed by atoms with Crippen LogP contribution >= 0.6 is 0 Å². The Kier molecular flexibility index (Phi) is 2.35. The molecular formula is C13H13N9. The van der Waals surface area contributed by atoms with Crippen LogP contribution in [-0.4, -0.2) is 34.5 Å². The number of nitrogens with two attached hydrogens (primary N) is 2. The topological polar surface area (TPSA) is 137 Å². The first-order valence-corrected chi connectivity index (χ1v) is 6.63. The van der Waals surface area contributed by atoms with Gasteiger partial charge in [0.05, 0.1) is 23.1 Å². The predicted molar refractivity (Wildman–Crippen MR) is 82.0 cm³/mol. The summed E-state index contributed by atoms with van der Waals surface area (Å²) in [5.74, 6) is 1.16. The van der Waals surface area contributed by atoms with E-state index in [-0.39, 0.29) is 0 Å². The molecule has 4 heterocycles. The Morgan fingerprint density at radius 2 is 1.91 bits per heavy atom. The number of hydrogen-bond donors (Lipinski definition) is 3. The van der Waals surface area contributed by atoms with Crippen LogP contribution in [0.25, 0.3) is 28.2 Å². The lowest BCUT2D eigenvalue weighted by atomic mass is 10.2. The molecule has 0 unspecified atom stereocenters. The number of fused-ring (bicyclic) bond motifs is 2. The number of nitrogens with one attached hydrogen (secondary N) is 1. The molecule has 0 aliphatic carbocycles. The van der Waals surface area contributed by atoms with Gasteiger partial charge in [-0.05, 0) is 13.8 Å². The number of nitrogens with zero attached hydrogens (tertiary/aromatic N) is 6. The molecule has 22 heavy (non-hydrogen) atoms. The zero-order chi connectivity index (χ0) is 15.4. The fourth-order valence-electron chi connectivity index (χ4n) is 2.49. The molecule has 0 fully saturated rings. The number of aromatic nitrogens is 7. The van der Waals surface area contributed by atoms with Gasteiger partial charge in [-0.3, -0.25) is 0 Å². The summed E-state index contributed by atoms with van der Waals surface area (Å²) >= 11 is 0. The first-order valence-electron chi connectivity index (χ1n) is 6.63. The summed E-state index contributed by atoms with van der Waals surface area (Å²) in [7, 11) is 0. The van der Waals surface area contributed by atoms with E-state index in [2.05, 4.69) is 30.0 Å². The SMILES string of the molecule is Cc1c(-c2nc(N)c3ncc(C)n3n2)[nH]c2c(N)ncnc12. The zero-order valence-electron chi connectivity index (χ0n) is 12.0. The molecule has 0 aliphatic heterocycles. The molecule has 0 aliphatic rings. The molecule has 0 saturated heterocycles. The van der Waals surface area contributed by atoms with Crippen molar-refractivity contribution in [3.63, 3.8) is 0 Å². The summed E-state index contributed by atoms with van der Waals surface area (Å²) in [5, 5.41) is 4.49. The van der Waals surface area contributed by atoms with Crippen molar-refractivity contribution in [1.29, 1.82) is 0 Å². The summed E-state index contributed by atoms with van der Waals surface area (Å²) < 4.78 is 1.66. The number of aryl methyl sites for hydroxylation is 2. The van der Waals surface area contributed by atoms with Crippen molar-refractivity contribution in [2.45, 2.75) is 13.8 Å². The number of hydrogen-bond acceptors (Lipinski definition) is 7. The average molecular weight is 295 g/mol. The maximum Gasteiger partial charge on any atom is 0.198 e. The highest BCUT2D eigenvalue weighted by Crippen LogP contribution is 2.28. The van der Waals surface area contributed by atoms with Crippen LogP contribution in [0.15, 0.2) is 12.5 Å². The first kappa shape index (κ1) is 12.5. The minimum absolute atomic E-state index is 0.315. The molecule has 4 aromatic heterocycles. The quantitative estimate of drug-likeness (QED) is 0.473. The van der Waals surface area contributed by atoms with Gasteiger partial charge in [-0.15, -0.1) is 5.10 Å². The summed E-state index contributed by atoms with van der Waals surface area (Å²) in [6.45, 7) is 3.82. The second kappa shape index (κ2) is 4.13. The number of nitrogen functional groups attached to an aromatic ring is 2. The van der Waals surface area contributed by atoms with Crippen molar-refractivity contribution in [2.24, 2.45) is 0 Å². The van der Waals surface area contributed by atoms with E-state index in [9.17, 15) is 0 Å². The smallest absolute Gasteiger partial charge is 0.198 e. The Hall–Kier alpha value is -3.23. The van der Waals surface area contributed by atoms with Crippen LogP contribution in [0.3, 0.4) is 0 Å². The molecule has 0 radical (unpaired) electrons. The van der Waals surface area contributed by atoms with Gasteiger partial charge in [0.15, 0.2) is 23.1 Å². The number of aromatic amines is 1. The fourth-order valence-corrected chi connectivity index (χ4v) is 2.49. The van der Waals surface area contributed by atoms with E-state index in [0.717, 1.165) is 16.8 Å². The molecule has 0 atom stereocenters. The predicted octanol–water partition coefficient (Wildman–Crippen LogP) is 0.844. The third kappa shape index (κ3) is 1.56. The molecule has 0 aromatic carbocycles. The minimum atomic E-state index is 0.315. The van der Waals surface area contributed by atoms with Crippen LogP contribution < -0.4 is 11.5 Å². The largest absolute Gasteiger partial charge is 0.382 e. The zero-order valence-corrected chi connectivity index (χ0v) is 12.0. The van der Waals surface area contributed by atoms with Crippen LogP contribution in [0, 0.1) is 13.8 Å². The van der Waals surface area contributed by atoms with Gasteiger partial charge < -0.3 is 16.5 Å². The van der Waals surface area contributed by atoms with Crippen LogP contribution in [0.5, 0.6) is 0 Å². The summed E-state index contributed by atoms with van der Waals surface area (Å²) in [6, 6.07) is 0. The van der Waals surface area contributed by atoms with E-state index >= 15 is 0 Å². The Labute approximate surface area is 124 Å². The van der Waals surface area contributed by atoms with Gasteiger partial charge in [0.1, 0.15) is 11.8 Å². The normalized spacial score (nSPS) is 11.5. The molecule has 0 amide bonds. The van der Waals surface area contributed by atoms with E-state index in [4.69, 9.17) is 11.5 Å². The van der Waals surface area contributed by atoms with Crippen molar-refractivity contribution in [2.75, 3.05) is 11.5 Å². The molecule has 0 saturated carbocycles. The van der Waals surface area contributed by atoms with Crippen molar-refractivity contribution in [3.8, 4) is 11.5 Å². The monoisotopic (exact) mass is 295 g/mol. The maximum atomic E-state index is 5.98. The van der Waals surface area contributed by atoms with Crippen LogP contribution in [0.1, 0.15) is 11.3 Å². The Morgan fingerprint density at radius 3 is 2.68 bits per heavy atom. The number of H-pyrrole nitrogens is 1. The third-order valence-corrected chi connectivity index (χ3v) is 3.64. The van der Waals surface area contributed by atoms with Crippen molar-refractivity contribution in [1.82, 2.24) is 34.5 Å². The third-order valence-electron chi connectivity index (χ3n) is 3.64. The molecule has 0 spiro atoms. The van der Waals surface area contributed by atoms with Gasteiger partial charge in [0, 0.05) is 5.56 Å². The highest BCUT2D eigenvalue weighted by molar-refractivity contribution is 5.92. The average Bonchev–Trinajstić information content (AvgIpc) is 3.03. The van der Waals surface area contributed by atoms with Gasteiger partial charge in [-0.1, -0.05) is 0 Å². The fraction of sp³-hybridized carbons (Fsp3) is 0.154. The van der Waals surface area contributed by atoms with Crippen LogP contribution in [0.2, 0.25) is 0 Å². The second-order valence-electron chi connectivity index (χ2n) is 5.06. The Bertz CT molecular complexity index is 1030. The van der Waals surface area contributed by atoms with Gasteiger partial charge in [-0.2, -0.15) is 0 Å². The molecule has 110 valence electrons. The van der Waals surface area contributed by atoms with Crippen molar-refractivity contribution >= 4 is 28.3 Å². The van der Waals surface area contributed by atoms with E-state index in [1.165, 1.54) is 6.33 Å². The van der Waals surface area contributed by atoms with Crippen molar-refractivity contribution < 1.29 is 0 Å². The van der Waals surface area contributed by atoms with Gasteiger partial charge in [-0.25, -0.2) is 24.5 Å². The van der Waals surface area contributed by atoms with Crippen LogP contribution in [0.4, 0.5) is 11.6 Å². The highest BCUT2D eigenvalue weighted by Gasteiger charge is 2.17. The Morgan fingerprint density at radius 1 is 1.09 bits per heavy atom. The van der Waals surface area contributed by atoms with Crippen LogP contribution in [-0.2, 0) is 0 Å². The maximum absolute atomic E-state index is 5.98. The number of rotatable bonds is 1. The van der Waals surface area contributed by atoms with E-state index < -0.39 is 0 Å². The number of anilines is 2. The lowest BCUT2D eigenvalue weighted by Gasteiger charge is -2.03. The standard InChI is InChI=1S/C13H13N9/c1-5-3-16-13-11(15)20-12(21-22(5)13)8-6(2)7-9(19-8)10(14)18-4-17-7/h3-4,19H,1-2H3,(H2,14,17,18)(H2,15,20,21). The molecule has 4 aromatic rings. The minimum Gasteiger partial charge on any atom is -0.382 e. The second-order valence-corrected chi connectivity index (χ2v) is 5.06. The van der Waals surface area contributed by atoms with E-state index in [0.29, 0.717) is 34.3 Å². The van der Waals surface area contributed by atoms with Gasteiger partial charge in [0.25, 0.3) is 0 Å². The molecule has 4 rings (SSSR count). The molecule has 0 bridgehead atoms. The lowest BCUT2D eigenvalue weighted by molar-refractivity contribution is 0.877. The summed E-state index contributed by atoms with van der Waals surface area (Å²) in [5.41, 5.74) is 16.3. The number of imidazole rings is 1.